The number of nitro benzene ring substituents is 1. The summed E-state index contributed by atoms with van der Waals surface area (Å²) in [6.07, 6.45) is 2.81. The second-order valence-electron chi connectivity index (χ2n) is 5.42. The van der Waals surface area contributed by atoms with E-state index in [-0.39, 0.29) is 11.2 Å². The summed E-state index contributed by atoms with van der Waals surface area (Å²) >= 11 is 1.30. The molecule has 0 fully saturated rings. The van der Waals surface area contributed by atoms with Gasteiger partial charge in [-0.3, -0.25) is 19.5 Å². The fraction of sp³-hybridized carbons (Fsp3) is 0.267. The third-order valence-electron chi connectivity index (χ3n) is 3.94. The Balaban J connectivity index is 1.89. The molecule has 4 rings (SSSR count). The summed E-state index contributed by atoms with van der Waals surface area (Å²) in [4.78, 5) is 32.6. The lowest BCUT2D eigenvalue weighted by atomic mass is 10.1. The maximum absolute atomic E-state index is 12.6. The van der Waals surface area contributed by atoms with Crippen LogP contribution in [0.4, 0.5) is 5.69 Å². The fourth-order valence-electron chi connectivity index (χ4n) is 2.80. The Labute approximate surface area is 134 Å². The monoisotopic (exact) mass is 328 g/mol. The van der Waals surface area contributed by atoms with E-state index in [0.29, 0.717) is 27.5 Å². The second kappa shape index (κ2) is 5.24. The van der Waals surface area contributed by atoms with E-state index in [2.05, 4.69) is 9.97 Å². The molecule has 0 unspecified atom stereocenters. The van der Waals surface area contributed by atoms with Crippen molar-refractivity contribution in [3.8, 4) is 10.6 Å². The second-order valence-corrected chi connectivity index (χ2v) is 6.40. The van der Waals surface area contributed by atoms with E-state index in [4.69, 9.17) is 0 Å². The van der Waals surface area contributed by atoms with Crippen molar-refractivity contribution < 1.29 is 4.92 Å². The number of benzene rings is 1. The highest BCUT2D eigenvalue weighted by molar-refractivity contribution is 7.21. The average molecular weight is 328 g/mol. The molecule has 1 aliphatic rings. The van der Waals surface area contributed by atoms with Gasteiger partial charge in [0.05, 0.1) is 4.92 Å². The first-order chi connectivity index (χ1) is 11.1. The van der Waals surface area contributed by atoms with Crippen molar-refractivity contribution in [2.24, 2.45) is 0 Å². The van der Waals surface area contributed by atoms with Gasteiger partial charge in [0.25, 0.3) is 11.2 Å². The Morgan fingerprint density at radius 2 is 2.13 bits per heavy atom. The van der Waals surface area contributed by atoms with Crippen molar-refractivity contribution in [2.75, 3.05) is 0 Å². The highest BCUT2D eigenvalue weighted by Crippen LogP contribution is 2.30. The van der Waals surface area contributed by atoms with E-state index >= 15 is 0 Å². The Morgan fingerprint density at radius 3 is 2.96 bits per heavy atom. The lowest BCUT2D eigenvalue weighted by Gasteiger charge is -2.16. The summed E-state index contributed by atoms with van der Waals surface area (Å²) in [6.45, 7) is 0.681. The van der Waals surface area contributed by atoms with Crippen LogP contribution in [0.15, 0.2) is 29.1 Å². The number of thiazole rings is 1. The average Bonchev–Trinajstić information content (AvgIpc) is 2.99. The van der Waals surface area contributed by atoms with Gasteiger partial charge in [-0.05, 0) is 12.8 Å². The minimum Gasteiger partial charge on any atom is -0.295 e. The third kappa shape index (κ3) is 2.31. The number of hydrogen-bond acceptors (Lipinski definition) is 6. The molecule has 0 amide bonds. The molecule has 0 saturated carbocycles. The van der Waals surface area contributed by atoms with E-state index in [1.165, 1.54) is 23.5 Å². The van der Waals surface area contributed by atoms with Crippen LogP contribution in [-0.4, -0.2) is 19.5 Å². The van der Waals surface area contributed by atoms with Gasteiger partial charge in [-0.1, -0.05) is 23.5 Å². The molecule has 116 valence electrons. The molecule has 7 nitrogen and oxygen atoms in total. The molecular weight excluding hydrogens is 316 g/mol. The van der Waals surface area contributed by atoms with Crippen LogP contribution in [0.3, 0.4) is 0 Å². The third-order valence-corrected chi connectivity index (χ3v) is 4.93. The maximum atomic E-state index is 12.6. The van der Waals surface area contributed by atoms with E-state index in [1.807, 2.05) is 0 Å². The Hall–Kier alpha value is -2.61. The molecule has 0 aliphatic carbocycles. The predicted molar refractivity (Wildman–Crippen MR) is 86.7 cm³/mol. The van der Waals surface area contributed by atoms with Crippen LogP contribution >= 0.6 is 11.3 Å². The van der Waals surface area contributed by atoms with Crippen LogP contribution in [0.2, 0.25) is 0 Å². The van der Waals surface area contributed by atoms with Crippen LogP contribution in [0.25, 0.3) is 20.9 Å². The largest absolute Gasteiger partial charge is 0.295 e. The number of rotatable bonds is 2. The minimum absolute atomic E-state index is 0.00531. The molecule has 0 N–H and O–H groups in total. The van der Waals surface area contributed by atoms with Gasteiger partial charge in [-0.25, -0.2) is 9.97 Å². The molecular formula is C15H12N4O3S. The van der Waals surface area contributed by atoms with Gasteiger partial charge in [0.15, 0.2) is 10.3 Å². The van der Waals surface area contributed by atoms with E-state index in [0.717, 1.165) is 25.1 Å². The Kier molecular flexibility index (Phi) is 3.19. The molecule has 3 aromatic rings. The van der Waals surface area contributed by atoms with Gasteiger partial charge >= 0.3 is 0 Å². The van der Waals surface area contributed by atoms with Gasteiger partial charge in [0, 0.05) is 30.7 Å². The maximum Gasteiger partial charge on any atom is 0.280 e. The molecule has 0 spiro atoms. The Morgan fingerprint density at radius 1 is 1.26 bits per heavy atom. The molecule has 1 aromatic carbocycles. The quantitative estimate of drug-likeness (QED) is 0.533. The smallest absolute Gasteiger partial charge is 0.280 e. The SMILES string of the molecule is O=c1c2nc(-c3cccc([N+](=O)[O-])c3)sc2nc2n1CCCC2. The highest BCUT2D eigenvalue weighted by atomic mass is 32.1. The molecule has 8 heteroatoms. The fourth-order valence-corrected chi connectivity index (χ4v) is 3.75. The number of fused-ring (bicyclic) bond motifs is 2. The van der Waals surface area contributed by atoms with E-state index < -0.39 is 4.92 Å². The summed E-state index contributed by atoms with van der Waals surface area (Å²) in [6, 6.07) is 6.27. The summed E-state index contributed by atoms with van der Waals surface area (Å²) in [5, 5.41) is 11.5. The number of hydrogen-bond donors (Lipinski definition) is 0. The molecule has 23 heavy (non-hydrogen) atoms. The highest BCUT2D eigenvalue weighted by Gasteiger charge is 2.19. The lowest BCUT2D eigenvalue weighted by Crippen LogP contribution is -2.28. The molecule has 0 radical (unpaired) electrons. The van der Waals surface area contributed by atoms with Crippen LogP contribution in [0, 0.1) is 10.1 Å². The first-order valence-corrected chi connectivity index (χ1v) is 8.10. The number of nitrogens with zero attached hydrogens (tertiary/aromatic N) is 4. The van der Waals surface area contributed by atoms with Gasteiger partial charge in [-0.15, -0.1) is 0 Å². The molecule has 0 saturated heterocycles. The summed E-state index contributed by atoms with van der Waals surface area (Å²) in [5.41, 5.74) is 0.870. The number of nitro groups is 1. The summed E-state index contributed by atoms with van der Waals surface area (Å²) in [7, 11) is 0. The van der Waals surface area contributed by atoms with Crippen molar-refractivity contribution in [1.29, 1.82) is 0 Å². The zero-order valence-electron chi connectivity index (χ0n) is 12.1. The van der Waals surface area contributed by atoms with Crippen molar-refractivity contribution in [1.82, 2.24) is 14.5 Å². The van der Waals surface area contributed by atoms with Crippen LogP contribution in [-0.2, 0) is 13.0 Å². The molecule has 0 bridgehead atoms. The lowest BCUT2D eigenvalue weighted by molar-refractivity contribution is -0.384. The van der Waals surface area contributed by atoms with Crippen LogP contribution in [0.5, 0.6) is 0 Å². The van der Waals surface area contributed by atoms with Gasteiger partial charge in [0.2, 0.25) is 0 Å². The first kappa shape index (κ1) is 14.0. The standard InChI is InChI=1S/C15H12N4O3S/c20-15-12-14(16-11-6-1-2-7-18(11)15)23-13(17-12)9-4-3-5-10(8-9)19(21)22/h3-5,8H,1-2,6-7H2. The van der Waals surface area contributed by atoms with E-state index in [9.17, 15) is 14.9 Å². The normalized spacial score (nSPS) is 13.9. The molecule has 3 heterocycles. The van der Waals surface area contributed by atoms with Crippen molar-refractivity contribution >= 4 is 27.4 Å². The molecule has 2 aromatic heterocycles. The van der Waals surface area contributed by atoms with E-state index in [1.54, 1.807) is 16.7 Å². The van der Waals surface area contributed by atoms with Crippen LogP contribution in [0.1, 0.15) is 18.7 Å². The van der Waals surface area contributed by atoms with Crippen LogP contribution < -0.4 is 5.56 Å². The Bertz CT molecular complexity index is 992. The first-order valence-electron chi connectivity index (χ1n) is 7.28. The van der Waals surface area contributed by atoms with Crippen molar-refractivity contribution in [2.45, 2.75) is 25.8 Å². The summed E-state index contributed by atoms with van der Waals surface area (Å²) in [5.74, 6) is 0.808. The van der Waals surface area contributed by atoms with Crippen molar-refractivity contribution in [3.63, 3.8) is 0 Å². The zero-order chi connectivity index (χ0) is 16.0. The topological polar surface area (TPSA) is 90.9 Å². The number of non-ortho nitro benzene ring substituents is 1. The summed E-state index contributed by atoms with van der Waals surface area (Å²) < 4.78 is 1.70. The van der Waals surface area contributed by atoms with Crippen molar-refractivity contribution in [3.05, 3.63) is 50.6 Å². The van der Waals surface area contributed by atoms with Gasteiger partial charge < -0.3 is 0 Å². The molecule has 1 aliphatic heterocycles. The molecule has 0 atom stereocenters. The van der Waals surface area contributed by atoms with Gasteiger partial charge in [0.1, 0.15) is 10.8 Å². The zero-order valence-corrected chi connectivity index (χ0v) is 12.9. The van der Waals surface area contributed by atoms with Gasteiger partial charge in [-0.2, -0.15) is 0 Å². The number of aromatic nitrogens is 3. The predicted octanol–water partition coefficient (Wildman–Crippen LogP) is 2.76. The number of aryl methyl sites for hydroxylation is 1. The minimum atomic E-state index is -0.442.